The maximum absolute atomic E-state index is 13.9. The van der Waals surface area contributed by atoms with Crippen LogP contribution in [0.2, 0.25) is 0 Å². The first-order chi connectivity index (χ1) is 18.0. The fourth-order valence-corrected chi connectivity index (χ4v) is 7.21. The van der Waals surface area contributed by atoms with E-state index < -0.39 is 33.7 Å². The minimum atomic E-state index is -5.08. The zero-order valence-corrected chi connectivity index (χ0v) is 22.4. The number of aliphatic hydroxyl groups excluding tert-OH is 1. The van der Waals surface area contributed by atoms with Crippen LogP contribution in [-0.4, -0.2) is 102 Å². The number of alkyl halides is 3. The van der Waals surface area contributed by atoms with E-state index in [1.807, 2.05) is 55.0 Å². The molecule has 15 heteroatoms. The first-order valence-electron chi connectivity index (χ1n) is 12.1. The molecular weight excluding hydrogens is 543 g/mol. The van der Waals surface area contributed by atoms with Crippen LogP contribution in [0.25, 0.3) is 10.9 Å². The summed E-state index contributed by atoms with van der Waals surface area (Å²) in [7, 11) is -2.03. The number of para-hydroxylation sites is 1. The third-order valence-corrected chi connectivity index (χ3v) is 9.22. The smallest absolute Gasteiger partial charge is 0.475 e. The van der Waals surface area contributed by atoms with Gasteiger partial charge < -0.3 is 20.4 Å². The Hall–Kier alpha value is -3.01. The molecule has 1 unspecified atom stereocenters. The molecule has 1 aromatic carbocycles. The van der Waals surface area contributed by atoms with Crippen LogP contribution in [-0.2, 0) is 19.6 Å². The third kappa shape index (κ3) is 5.27. The number of carbonyl (C=O) groups excluding carboxylic acids is 1. The second-order valence-corrected chi connectivity index (χ2v) is 12.7. The number of pyridine rings is 1. The van der Waals surface area contributed by atoms with E-state index in [0.29, 0.717) is 44.1 Å². The van der Waals surface area contributed by atoms with Gasteiger partial charge in [0.1, 0.15) is 16.3 Å². The summed E-state index contributed by atoms with van der Waals surface area (Å²) < 4.78 is 61.0. The van der Waals surface area contributed by atoms with Gasteiger partial charge in [-0.3, -0.25) is 9.69 Å². The quantitative estimate of drug-likeness (QED) is 0.492. The lowest BCUT2D eigenvalue weighted by Crippen LogP contribution is -2.71. The molecule has 1 spiro atoms. The lowest BCUT2D eigenvalue weighted by Gasteiger charge is -2.50. The number of carboxylic acids is 1. The molecule has 214 valence electrons. The topological polar surface area (TPSA) is 143 Å². The predicted molar refractivity (Wildman–Crippen MR) is 134 cm³/mol. The van der Waals surface area contributed by atoms with Gasteiger partial charge in [-0.25, -0.2) is 18.2 Å². The van der Waals surface area contributed by atoms with Crippen molar-refractivity contribution >= 4 is 38.6 Å². The number of carboxylic acid groups (broad SMARTS) is 1. The number of nitrogens with zero attached hydrogens (tertiary/aromatic N) is 4. The molecule has 11 nitrogen and oxygen atoms in total. The molecular formula is C24H30F3N5O6S. The summed E-state index contributed by atoms with van der Waals surface area (Å²) in [5, 5.41) is 20.6. The molecule has 3 aliphatic rings. The Morgan fingerprint density at radius 2 is 1.82 bits per heavy atom. The lowest BCUT2D eigenvalue weighted by molar-refractivity contribution is -0.192. The Labute approximate surface area is 223 Å². The van der Waals surface area contributed by atoms with E-state index in [9.17, 15) is 31.5 Å². The fraction of sp³-hybridized carbons (Fsp3) is 0.542. The van der Waals surface area contributed by atoms with Crippen LogP contribution in [0.5, 0.6) is 0 Å². The molecule has 0 radical (unpaired) electrons. The summed E-state index contributed by atoms with van der Waals surface area (Å²) in [5.41, 5.74) is -0.180. The number of likely N-dealkylation sites (N-methyl/N-ethyl adjacent to an activating group) is 1. The zero-order valence-electron chi connectivity index (χ0n) is 21.6. The molecule has 0 aliphatic carbocycles. The van der Waals surface area contributed by atoms with E-state index in [1.165, 1.54) is 4.31 Å². The molecule has 2 aromatic rings. The Kier molecular flexibility index (Phi) is 7.34. The molecule has 39 heavy (non-hydrogen) atoms. The standard InChI is InChI=1S/C22H29N5O4S.C2HF3O2/c1-21(2)9-16(10-28)27(11-21)32(30,31)18-8-15-6-4-5-7-17(15)24-19(18)26-12-22(13-26)20(29)23-14-25(22)3;3-2(4,5)1(6)7/h4-8,16,28H,9-14H2,1-3H3,(H,23,29);(H,6,7). The van der Waals surface area contributed by atoms with Crippen molar-refractivity contribution in [3.63, 3.8) is 0 Å². The number of halogens is 3. The number of sulfonamides is 1. The molecule has 3 saturated heterocycles. The molecule has 5 rings (SSSR count). The van der Waals surface area contributed by atoms with Crippen molar-refractivity contribution in [2.45, 2.75) is 42.9 Å². The summed E-state index contributed by atoms with van der Waals surface area (Å²) in [6.45, 7) is 5.36. The van der Waals surface area contributed by atoms with E-state index >= 15 is 0 Å². The van der Waals surface area contributed by atoms with Crippen molar-refractivity contribution in [2.75, 3.05) is 44.9 Å². The SMILES string of the molecule is CN1CNC(=O)C12CN(c1nc3ccccc3cc1S(=O)(=O)N1CC(C)(C)CC1CO)C2.O=C(O)C(F)(F)F. The van der Waals surface area contributed by atoms with Crippen molar-refractivity contribution in [1.82, 2.24) is 19.5 Å². The van der Waals surface area contributed by atoms with Gasteiger partial charge in [-0.2, -0.15) is 17.5 Å². The van der Waals surface area contributed by atoms with Gasteiger partial charge in [-0.15, -0.1) is 0 Å². The van der Waals surface area contributed by atoms with E-state index in [4.69, 9.17) is 14.9 Å². The number of aliphatic carboxylic acids is 1. The second kappa shape index (κ2) is 9.87. The average molecular weight is 574 g/mol. The Bertz CT molecular complexity index is 1390. The van der Waals surface area contributed by atoms with Gasteiger partial charge in [0.25, 0.3) is 0 Å². The van der Waals surface area contributed by atoms with Gasteiger partial charge in [0, 0.05) is 31.1 Å². The number of fused-ring (bicyclic) bond motifs is 1. The Balaban J connectivity index is 0.000000448. The van der Waals surface area contributed by atoms with Gasteiger partial charge in [-0.1, -0.05) is 32.0 Å². The largest absolute Gasteiger partial charge is 0.490 e. The molecule has 3 fully saturated rings. The van der Waals surface area contributed by atoms with E-state index in [2.05, 4.69) is 5.32 Å². The molecule has 1 aromatic heterocycles. The minimum Gasteiger partial charge on any atom is -0.475 e. The molecule has 0 saturated carbocycles. The van der Waals surface area contributed by atoms with Gasteiger partial charge >= 0.3 is 12.1 Å². The van der Waals surface area contributed by atoms with Crippen LogP contribution in [0.3, 0.4) is 0 Å². The normalized spacial score (nSPS) is 22.9. The summed E-state index contributed by atoms with van der Waals surface area (Å²) in [5.74, 6) is -2.43. The number of hydrogen-bond acceptors (Lipinski definition) is 8. The highest BCUT2D eigenvalue weighted by Crippen LogP contribution is 2.42. The molecule has 1 amide bonds. The predicted octanol–water partition coefficient (Wildman–Crippen LogP) is 1.23. The maximum Gasteiger partial charge on any atom is 0.490 e. The van der Waals surface area contributed by atoms with Gasteiger partial charge in [-0.05, 0) is 31.0 Å². The number of benzene rings is 1. The first kappa shape index (κ1) is 29.0. The van der Waals surface area contributed by atoms with Gasteiger partial charge in [0.2, 0.25) is 15.9 Å². The number of rotatable bonds is 4. The van der Waals surface area contributed by atoms with E-state index in [0.717, 1.165) is 5.39 Å². The van der Waals surface area contributed by atoms with Crippen LogP contribution in [0, 0.1) is 5.41 Å². The number of amides is 1. The highest BCUT2D eigenvalue weighted by Gasteiger charge is 2.57. The fourth-order valence-electron chi connectivity index (χ4n) is 5.22. The second-order valence-electron chi connectivity index (χ2n) is 10.8. The monoisotopic (exact) mass is 573 g/mol. The zero-order chi connectivity index (χ0) is 29.0. The summed E-state index contributed by atoms with van der Waals surface area (Å²) in [6, 6.07) is 8.63. The molecule has 1 atom stereocenters. The molecule has 3 aliphatic heterocycles. The van der Waals surface area contributed by atoms with Crippen molar-refractivity contribution < 1.29 is 41.4 Å². The maximum atomic E-state index is 13.9. The lowest BCUT2D eigenvalue weighted by atomic mass is 9.88. The van der Waals surface area contributed by atoms with Crippen LogP contribution < -0.4 is 10.2 Å². The number of anilines is 1. The summed E-state index contributed by atoms with van der Waals surface area (Å²) in [6.07, 6.45) is -4.49. The average Bonchev–Trinajstić information content (AvgIpc) is 3.32. The molecule has 4 heterocycles. The number of carbonyl (C=O) groups is 2. The minimum absolute atomic E-state index is 0.0388. The van der Waals surface area contributed by atoms with E-state index in [1.54, 1.807) is 6.07 Å². The number of aliphatic hydroxyl groups is 1. The molecule has 0 bridgehead atoms. The Morgan fingerprint density at radius 3 is 2.36 bits per heavy atom. The van der Waals surface area contributed by atoms with Crippen LogP contribution in [0.4, 0.5) is 19.0 Å². The highest BCUT2D eigenvalue weighted by atomic mass is 32.2. The number of nitrogens with one attached hydrogen (secondary N) is 1. The molecule has 3 N–H and O–H groups in total. The van der Waals surface area contributed by atoms with Gasteiger partial charge in [0.15, 0.2) is 0 Å². The van der Waals surface area contributed by atoms with Crippen LogP contribution in [0.15, 0.2) is 35.2 Å². The van der Waals surface area contributed by atoms with E-state index in [-0.39, 0.29) is 22.8 Å². The van der Waals surface area contributed by atoms with Crippen molar-refractivity contribution in [1.29, 1.82) is 0 Å². The third-order valence-electron chi connectivity index (χ3n) is 7.32. The van der Waals surface area contributed by atoms with Crippen molar-refractivity contribution in [3.8, 4) is 0 Å². The van der Waals surface area contributed by atoms with Crippen LogP contribution >= 0.6 is 0 Å². The summed E-state index contributed by atoms with van der Waals surface area (Å²) >= 11 is 0. The number of aromatic nitrogens is 1. The van der Waals surface area contributed by atoms with Crippen LogP contribution in [0.1, 0.15) is 20.3 Å². The van der Waals surface area contributed by atoms with Gasteiger partial charge in [0.05, 0.1) is 18.8 Å². The number of hydrogen-bond donors (Lipinski definition) is 3. The van der Waals surface area contributed by atoms with Crippen molar-refractivity contribution in [2.24, 2.45) is 5.41 Å². The first-order valence-corrected chi connectivity index (χ1v) is 13.5. The summed E-state index contributed by atoms with van der Waals surface area (Å²) in [4.78, 5) is 30.1. The highest BCUT2D eigenvalue weighted by molar-refractivity contribution is 7.89. The van der Waals surface area contributed by atoms with Crippen molar-refractivity contribution in [3.05, 3.63) is 30.3 Å². The Morgan fingerprint density at radius 1 is 1.21 bits per heavy atom.